The first-order valence-electron chi connectivity index (χ1n) is 7.53. The molecule has 0 aliphatic heterocycles. The minimum absolute atomic E-state index is 0.0598. The molecule has 120 valence electrons. The summed E-state index contributed by atoms with van der Waals surface area (Å²) in [6.45, 7) is 2.53. The molecule has 5 nitrogen and oxygen atoms in total. The van der Waals surface area contributed by atoms with Gasteiger partial charge in [-0.2, -0.15) is 4.98 Å². The number of hydrogen-bond donors (Lipinski definition) is 1. The highest BCUT2D eigenvalue weighted by molar-refractivity contribution is 7.15. The summed E-state index contributed by atoms with van der Waals surface area (Å²) < 4.78 is 15.6. The van der Waals surface area contributed by atoms with E-state index in [0.29, 0.717) is 30.8 Å². The van der Waals surface area contributed by atoms with Crippen molar-refractivity contribution in [1.82, 2.24) is 19.9 Å². The van der Waals surface area contributed by atoms with E-state index in [1.54, 1.807) is 22.7 Å². The number of fused-ring (bicyclic) bond motifs is 1. The highest BCUT2D eigenvalue weighted by Gasteiger charge is 2.14. The van der Waals surface area contributed by atoms with Gasteiger partial charge in [0, 0.05) is 24.8 Å². The molecule has 0 fully saturated rings. The smallest absolute Gasteiger partial charge is 0.219 e. The molecule has 7 heteroatoms. The second-order valence-corrected chi connectivity index (χ2v) is 6.02. The highest BCUT2D eigenvalue weighted by Crippen LogP contribution is 2.23. The van der Waals surface area contributed by atoms with Gasteiger partial charge in [-0.25, -0.2) is 8.91 Å². The van der Waals surface area contributed by atoms with Crippen LogP contribution >= 0.6 is 11.3 Å². The zero-order valence-electron chi connectivity index (χ0n) is 12.8. The first kappa shape index (κ1) is 15.6. The maximum Gasteiger partial charge on any atom is 0.219 e. The predicted molar refractivity (Wildman–Crippen MR) is 87.9 cm³/mol. The molecule has 3 rings (SSSR count). The molecule has 0 saturated carbocycles. The molecule has 0 unspecified atom stereocenters. The van der Waals surface area contributed by atoms with Crippen molar-refractivity contribution in [3.05, 3.63) is 41.2 Å². The van der Waals surface area contributed by atoms with E-state index in [1.165, 1.54) is 17.4 Å². The third-order valence-corrected chi connectivity index (χ3v) is 4.31. The Bertz CT molecular complexity index is 826. The SMILES string of the molecule is CCCC(=O)NCCc1csc2nc(-c3ccccc3F)nn12. The quantitative estimate of drug-likeness (QED) is 0.755. The van der Waals surface area contributed by atoms with Gasteiger partial charge in [0.1, 0.15) is 5.82 Å². The van der Waals surface area contributed by atoms with Crippen LogP contribution in [0.5, 0.6) is 0 Å². The molecule has 0 aliphatic rings. The number of benzene rings is 1. The van der Waals surface area contributed by atoms with Crippen LogP contribution in [0.25, 0.3) is 16.3 Å². The molecule has 23 heavy (non-hydrogen) atoms. The molecular weight excluding hydrogens is 315 g/mol. The van der Waals surface area contributed by atoms with Crippen molar-refractivity contribution in [2.75, 3.05) is 6.54 Å². The second-order valence-electron chi connectivity index (χ2n) is 5.19. The van der Waals surface area contributed by atoms with Gasteiger partial charge >= 0.3 is 0 Å². The first-order chi connectivity index (χ1) is 11.2. The van der Waals surface area contributed by atoms with Crippen LogP contribution in [0.1, 0.15) is 25.5 Å². The lowest BCUT2D eigenvalue weighted by molar-refractivity contribution is -0.121. The predicted octanol–water partition coefficient (Wildman–Crippen LogP) is 3.06. The van der Waals surface area contributed by atoms with E-state index in [9.17, 15) is 9.18 Å². The summed E-state index contributed by atoms with van der Waals surface area (Å²) in [7, 11) is 0. The van der Waals surface area contributed by atoms with E-state index in [-0.39, 0.29) is 11.7 Å². The monoisotopic (exact) mass is 332 g/mol. The third kappa shape index (κ3) is 3.39. The van der Waals surface area contributed by atoms with Crippen molar-refractivity contribution in [3.8, 4) is 11.4 Å². The summed E-state index contributed by atoms with van der Waals surface area (Å²) in [5, 5.41) is 9.24. The molecule has 0 atom stereocenters. The third-order valence-electron chi connectivity index (χ3n) is 3.45. The lowest BCUT2D eigenvalue weighted by Crippen LogP contribution is -2.25. The standard InChI is InChI=1S/C16H17FN4OS/c1-2-5-14(22)18-9-8-11-10-23-16-19-15(20-21(11)16)12-6-3-4-7-13(12)17/h3-4,6-7,10H,2,5,8-9H2,1H3,(H,18,22). The van der Waals surface area contributed by atoms with Gasteiger partial charge in [-0.3, -0.25) is 4.79 Å². The molecule has 0 aliphatic carbocycles. The highest BCUT2D eigenvalue weighted by atomic mass is 32.1. The van der Waals surface area contributed by atoms with Crippen LogP contribution in [-0.2, 0) is 11.2 Å². The van der Waals surface area contributed by atoms with Crippen molar-refractivity contribution in [3.63, 3.8) is 0 Å². The Labute approximate surface area is 137 Å². The maximum atomic E-state index is 13.8. The minimum atomic E-state index is -0.334. The van der Waals surface area contributed by atoms with Crippen LogP contribution in [0.2, 0.25) is 0 Å². The Morgan fingerprint density at radius 1 is 1.39 bits per heavy atom. The summed E-state index contributed by atoms with van der Waals surface area (Å²) in [6.07, 6.45) is 2.04. The Morgan fingerprint density at radius 3 is 3.00 bits per heavy atom. The van der Waals surface area contributed by atoms with Gasteiger partial charge in [0.2, 0.25) is 10.9 Å². The summed E-state index contributed by atoms with van der Waals surface area (Å²) in [4.78, 5) is 16.6. The fourth-order valence-electron chi connectivity index (χ4n) is 2.30. The number of nitrogens with zero attached hydrogens (tertiary/aromatic N) is 3. The van der Waals surface area contributed by atoms with Gasteiger partial charge in [-0.15, -0.1) is 16.4 Å². The van der Waals surface area contributed by atoms with Crippen molar-refractivity contribution >= 4 is 22.2 Å². The molecule has 3 aromatic rings. The summed E-state index contributed by atoms with van der Waals surface area (Å²) in [5.74, 6) is 0.106. The largest absolute Gasteiger partial charge is 0.356 e. The Morgan fingerprint density at radius 2 is 2.22 bits per heavy atom. The minimum Gasteiger partial charge on any atom is -0.356 e. The molecule has 1 N–H and O–H groups in total. The number of nitrogens with one attached hydrogen (secondary N) is 1. The van der Waals surface area contributed by atoms with Gasteiger partial charge in [0.05, 0.1) is 11.3 Å². The maximum absolute atomic E-state index is 13.8. The molecule has 0 radical (unpaired) electrons. The van der Waals surface area contributed by atoms with Gasteiger partial charge in [0.15, 0.2) is 5.82 Å². The fraction of sp³-hybridized carbons (Fsp3) is 0.312. The molecular formula is C16H17FN4OS. The van der Waals surface area contributed by atoms with Crippen LogP contribution in [-0.4, -0.2) is 27.0 Å². The molecule has 0 saturated heterocycles. The molecule has 0 bridgehead atoms. The number of carbonyl (C=O) groups is 1. The van der Waals surface area contributed by atoms with Crippen LogP contribution in [0, 0.1) is 5.82 Å². The molecule has 1 aromatic carbocycles. The number of amides is 1. The average Bonchev–Trinajstić information content (AvgIpc) is 3.10. The number of hydrogen-bond acceptors (Lipinski definition) is 4. The van der Waals surface area contributed by atoms with Gasteiger partial charge in [-0.1, -0.05) is 19.1 Å². The molecule has 2 aromatic heterocycles. The van der Waals surface area contributed by atoms with Gasteiger partial charge < -0.3 is 5.32 Å². The fourth-order valence-corrected chi connectivity index (χ4v) is 3.15. The second kappa shape index (κ2) is 6.87. The number of aromatic nitrogens is 3. The number of rotatable bonds is 6. The number of halogens is 1. The lowest BCUT2D eigenvalue weighted by Gasteiger charge is -2.03. The molecule has 0 spiro atoms. The van der Waals surface area contributed by atoms with E-state index in [0.717, 1.165) is 17.1 Å². The zero-order chi connectivity index (χ0) is 16.2. The number of carbonyl (C=O) groups excluding carboxylic acids is 1. The first-order valence-corrected chi connectivity index (χ1v) is 8.41. The van der Waals surface area contributed by atoms with E-state index in [2.05, 4.69) is 15.4 Å². The summed E-state index contributed by atoms with van der Waals surface area (Å²) in [5.41, 5.74) is 1.35. The topological polar surface area (TPSA) is 59.3 Å². The van der Waals surface area contributed by atoms with Crippen LogP contribution in [0.3, 0.4) is 0 Å². The van der Waals surface area contributed by atoms with E-state index >= 15 is 0 Å². The van der Waals surface area contributed by atoms with Crippen LogP contribution in [0.15, 0.2) is 29.6 Å². The summed E-state index contributed by atoms with van der Waals surface area (Å²) >= 11 is 1.46. The Kier molecular flexibility index (Phi) is 4.66. The number of thiazole rings is 1. The normalized spacial score (nSPS) is 11.0. The lowest BCUT2D eigenvalue weighted by atomic mass is 10.2. The average molecular weight is 332 g/mol. The Balaban J connectivity index is 1.76. The van der Waals surface area contributed by atoms with Crippen molar-refractivity contribution in [2.45, 2.75) is 26.2 Å². The molecule has 1 amide bonds. The van der Waals surface area contributed by atoms with E-state index in [4.69, 9.17) is 0 Å². The Hall–Kier alpha value is -2.28. The van der Waals surface area contributed by atoms with Gasteiger partial charge in [-0.05, 0) is 18.6 Å². The van der Waals surface area contributed by atoms with Gasteiger partial charge in [0.25, 0.3) is 0 Å². The van der Waals surface area contributed by atoms with E-state index in [1.807, 2.05) is 12.3 Å². The zero-order valence-corrected chi connectivity index (χ0v) is 13.6. The van der Waals surface area contributed by atoms with Crippen molar-refractivity contribution in [1.29, 1.82) is 0 Å². The van der Waals surface area contributed by atoms with Crippen molar-refractivity contribution in [2.24, 2.45) is 0 Å². The van der Waals surface area contributed by atoms with Crippen LogP contribution < -0.4 is 5.32 Å². The van der Waals surface area contributed by atoms with Crippen LogP contribution in [0.4, 0.5) is 4.39 Å². The van der Waals surface area contributed by atoms with E-state index < -0.39 is 0 Å². The van der Waals surface area contributed by atoms with Crippen molar-refractivity contribution < 1.29 is 9.18 Å². The molecule has 2 heterocycles. The summed E-state index contributed by atoms with van der Waals surface area (Å²) in [6, 6.07) is 6.47.